The number of imidazole rings is 1. The highest BCUT2D eigenvalue weighted by molar-refractivity contribution is 5.63. The van der Waals surface area contributed by atoms with Gasteiger partial charge in [-0.2, -0.15) is 0 Å². The van der Waals surface area contributed by atoms with Crippen molar-refractivity contribution in [3.8, 4) is 28.5 Å². The van der Waals surface area contributed by atoms with E-state index in [1.807, 2.05) is 42.5 Å². The minimum absolute atomic E-state index is 0.485. The maximum absolute atomic E-state index is 5.68. The van der Waals surface area contributed by atoms with E-state index in [0.717, 1.165) is 40.6 Å². The van der Waals surface area contributed by atoms with E-state index in [2.05, 4.69) is 30.2 Å². The van der Waals surface area contributed by atoms with Crippen molar-refractivity contribution in [1.82, 2.24) is 24.9 Å². The van der Waals surface area contributed by atoms with Gasteiger partial charge in [0.2, 0.25) is 5.95 Å². The highest BCUT2D eigenvalue weighted by atomic mass is 16.5. The second-order valence-corrected chi connectivity index (χ2v) is 6.30. The van der Waals surface area contributed by atoms with E-state index >= 15 is 0 Å². The van der Waals surface area contributed by atoms with Crippen LogP contribution in [0, 0.1) is 0 Å². The molecule has 0 aliphatic rings. The molecule has 8 heteroatoms. The smallest absolute Gasteiger partial charge is 0.227 e. The number of ether oxygens (including phenoxy) is 1. The van der Waals surface area contributed by atoms with Crippen LogP contribution in [0.4, 0.5) is 11.6 Å². The number of nitrogens with one attached hydrogen (secondary N) is 2. The van der Waals surface area contributed by atoms with E-state index < -0.39 is 0 Å². The number of pyridine rings is 1. The lowest BCUT2D eigenvalue weighted by Gasteiger charge is -2.09. The molecule has 4 rings (SSSR count). The number of hydrogen-bond acceptors (Lipinski definition) is 7. The van der Waals surface area contributed by atoms with Crippen molar-refractivity contribution >= 4 is 11.6 Å². The third kappa shape index (κ3) is 4.74. The zero-order valence-electron chi connectivity index (χ0n) is 15.7. The summed E-state index contributed by atoms with van der Waals surface area (Å²) in [5.41, 5.74) is 8.79. The molecule has 0 saturated carbocycles. The van der Waals surface area contributed by atoms with Crippen molar-refractivity contribution in [3.05, 3.63) is 67.3 Å². The fraction of sp³-hybridized carbons (Fsp3) is 0.143. The molecule has 1 aromatic carbocycles. The Hall–Kier alpha value is -3.78. The fourth-order valence-electron chi connectivity index (χ4n) is 2.74. The number of anilines is 2. The van der Waals surface area contributed by atoms with Gasteiger partial charge in [0.25, 0.3) is 0 Å². The molecular formula is C21H21N7O. The van der Waals surface area contributed by atoms with Gasteiger partial charge in [0.15, 0.2) is 0 Å². The number of hydrogen-bond donors (Lipinski definition) is 3. The molecule has 0 radical (unpaired) electrons. The predicted octanol–water partition coefficient (Wildman–Crippen LogP) is 3.40. The third-order valence-corrected chi connectivity index (χ3v) is 4.15. The van der Waals surface area contributed by atoms with Crippen molar-refractivity contribution in [2.75, 3.05) is 18.5 Å². The molecule has 146 valence electrons. The van der Waals surface area contributed by atoms with Crippen LogP contribution in [0.3, 0.4) is 0 Å². The zero-order chi connectivity index (χ0) is 19.9. The summed E-state index contributed by atoms with van der Waals surface area (Å²) in [4.78, 5) is 20.7. The molecule has 0 bridgehead atoms. The normalized spacial score (nSPS) is 10.7. The fourth-order valence-corrected chi connectivity index (χ4v) is 2.74. The van der Waals surface area contributed by atoms with Gasteiger partial charge in [-0.05, 0) is 43.3 Å². The lowest BCUT2D eigenvalue weighted by molar-refractivity contribution is 0.313. The van der Waals surface area contributed by atoms with Crippen LogP contribution in [0.5, 0.6) is 5.75 Å². The molecule has 0 unspecified atom stereocenters. The average Bonchev–Trinajstić information content (AvgIpc) is 3.26. The van der Waals surface area contributed by atoms with E-state index in [0.29, 0.717) is 19.1 Å². The Labute approximate surface area is 168 Å². The summed E-state index contributed by atoms with van der Waals surface area (Å²) < 4.78 is 5.68. The maximum atomic E-state index is 5.68. The minimum atomic E-state index is 0.485. The van der Waals surface area contributed by atoms with Gasteiger partial charge in [-0.25, -0.2) is 15.0 Å². The quantitative estimate of drug-likeness (QED) is 0.397. The molecule has 4 aromatic rings. The number of benzene rings is 1. The first-order valence-electron chi connectivity index (χ1n) is 9.30. The third-order valence-electron chi connectivity index (χ3n) is 4.15. The van der Waals surface area contributed by atoms with Gasteiger partial charge in [0, 0.05) is 35.9 Å². The molecule has 0 saturated heterocycles. The SMILES string of the molecule is NCCCOc1cccc(Nc2nccc(-c3cnc(-c4cccnc4)[nH]3)n2)c1. The Morgan fingerprint density at radius 1 is 1.03 bits per heavy atom. The molecule has 29 heavy (non-hydrogen) atoms. The molecule has 0 aliphatic carbocycles. The number of rotatable bonds is 8. The van der Waals surface area contributed by atoms with Crippen LogP contribution in [0.2, 0.25) is 0 Å². The highest BCUT2D eigenvalue weighted by Crippen LogP contribution is 2.23. The van der Waals surface area contributed by atoms with Crippen LogP contribution < -0.4 is 15.8 Å². The Morgan fingerprint density at radius 2 is 2.00 bits per heavy atom. The summed E-state index contributed by atoms with van der Waals surface area (Å²) in [5, 5.41) is 3.21. The van der Waals surface area contributed by atoms with Crippen molar-refractivity contribution in [2.24, 2.45) is 5.73 Å². The Morgan fingerprint density at radius 3 is 2.86 bits per heavy atom. The Balaban J connectivity index is 1.50. The average molecular weight is 387 g/mol. The van der Waals surface area contributed by atoms with Crippen LogP contribution in [-0.2, 0) is 0 Å². The number of H-pyrrole nitrogens is 1. The van der Waals surface area contributed by atoms with Crippen LogP contribution in [0.1, 0.15) is 6.42 Å². The molecule has 8 nitrogen and oxygen atoms in total. The number of nitrogens with zero attached hydrogens (tertiary/aromatic N) is 4. The zero-order valence-corrected chi connectivity index (χ0v) is 15.7. The molecule has 0 fully saturated rings. The lowest BCUT2D eigenvalue weighted by atomic mass is 10.3. The molecular weight excluding hydrogens is 366 g/mol. The van der Waals surface area contributed by atoms with Gasteiger partial charge in [-0.3, -0.25) is 4.98 Å². The topological polar surface area (TPSA) is 115 Å². The van der Waals surface area contributed by atoms with Gasteiger partial charge in [0.1, 0.15) is 11.6 Å². The first-order valence-corrected chi connectivity index (χ1v) is 9.30. The van der Waals surface area contributed by atoms with Crippen LogP contribution >= 0.6 is 0 Å². The second-order valence-electron chi connectivity index (χ2n) is 6.30. The van der Waals surface area contributed by atoms with Gasteiger partial charge < -0.3 is 20.8 Å². The second kappa shape index (κ2) is 8.94. The summed E-state index contributed by atoms with van der Waals surface area (Å²) in [7, 11) is 0. The number of nitrogens with two attached hydrogens (primary N) is 1. The molecule has 4 N–H and O–H groups in total. The van der Waals surface area contributed by atoms with E-state index in [1.54, 1.807) is 24.8 Å². The molecule has 0 spiro atoms. The van der Waals surface area contributed by atoms with Crippen molar-refractivity contribution < 1.29 is 4.74 Å². The maximum Gasteiger partial charge on any atom is 0.227 e. The molecule has 3 heterocycles. The van der Waals surface area contributed by atoms with E-state index in [4.69, 9.17) is 10.5 Å². The van der Waals surface area contributed by atoms with E-state index in [1.165, 1.54) is 0 Å². The van der Waals surface area contributed by atoms with Gasteiger partial charge in [-0.15, -0.1) is 0 Å². The van der Waals surface area contributed by atoms with Gasteiger partial charge in [0.05, 0.1) is 24.2 Å². The summed E-state index contributed by atoms with van der Waals surface area (Å²) >= 11 is 0. The van der Waals surface area contributed by atoms with E-state index in [-0.39, 0.29) is 0 Å². The molecule has 0 amide bonds. The van der Waals surface area contributed by atoms with Crippen LogP contribution in [0.25, 0.3) is 22.8 Å². The first-order chi connectivity index (χ1) is 14.3. The van der Waals surface area contributed by atoms with Gasteiger partial charge in [-0.1, -0.05) is 6.07 Å². The number of aromatic nitrogens is 5. The Kier molecular flexibility index (Phi) is 5.73. The lowest BCUT2D eigenvalue weighted by Crippen LogP contribution is -2.06. The minimum Gasteiger partial charge on any atom is -0.493 e. The Bertz CT molecular complexity index is 1070. The van der Waals surface area contributed by atoms with Crippen molar-refractivity contribution in [3.63, 3.8) is 0 Å². The summed E-state index contributed by atoms with van der Waals surface area (Å²) in [6, 6.07) is 13.3. The molecule has 3 aromatic heterocycles. The largest absolute Gasteiger partial charge is 0.493 e. The molecule has 0 aliphatic heterocycles. The number of aromatic amines is 1. The van der Waals surface area contributed by atoms with Crippen molar-refractivity contribution in [2.45, 2.75) is 6.42 Å². The van der Waals surface area contributed by atoms with Crippen LogP contribution in [-0.4, -0.2) is 38.1 Å². The predicted molar refractivity (Wildman–Crippen MR) is 112 cm³/mol. The van der Waals surface area contributed by atoms with Crippen molar-refractivity contribution in [1.29, 1.82) is 0 Å². The van der Waals surface area contributed by atoms with Crippen LogP contribution in [0.15, 0.2) is 67.3 Å². The van der Waals surface area contributed by atoms with E-state index in [9.17, 15) is 0 Å². The summed E-state index contributed by atoms with van der Waals surface area (Å²) in [6.45, 7) is 1.19. The standard InChI is InChI=1S/C21H21N7O/c22-8-3-11-29-17-6-1-5-16(12-17)26-21-24-10-7-18(28-21)19-14-25-20(27-19)15-4-2-9-23-13-15/h1-2,4-7,9-10,12-14H,3,8,11,22H2,(H,25,27)(H,24,26,28). The monoisotopic (exact) mass is 387 g/mol. The summed E-state index contributed by atoms with van der Waals surface area (Å²) in [5.74, 6) is 2.00. The van der Waals surface area contributed by atoms with Gasteiger partial charge >= 0.3 is 0 Å². The summed E-state index contributed by atoms with van der Waals surface area (Å²) in [6.07, 6.45) is 7.76. The highest BCUT2D eigenvalue weighted by Gasteiger charge is 2.08. The first kappa shape index (κ1) is 18.6. The molecule has 0 atom stereocenters.